The molecule has 4 nitrogen and oxygen atoms in total. The van der Waals surface area contributed by atoms with Crippen molar-refractivity contribution in [2.24, 2.45) is 0 Å². The fourth-order valence-electron chi connectivity index (χ4n) is 1.97. The lowest BCUT2D eigenvalue weighted by atomic mass is 10.1. The molecule has 1 unspecified atom stereocenters. The van der Waals surface area contributed by atoms with E-state index in [1.165, 1.54) is 19.2 Å². The quantitative estimate of drug-likeness (QED) is 0.853. The molecule has 0 aliphatic heterocycles. The van der Waals surface area contributed by atoms with Crippen LogP contribution < -0.4 is 5.32 Å². The summed E-state index contributed by atoms with van der Waals surface area (Å²) in [4.78, 5) is 16.0. The molecule has 2 rings (SSSR count). The Hall–Kier alpha value is -1.95. The van der Waals surface area contributed by atoms with Gasteiger partial charge in [0.1, 0.15) is 5.82 Å². The van der Waals surface area contributed by atoms with Gasteiger partial charge in [0, 0.05) is 28.1 Å². The Morgan fingerprint density at radius 2 is 2.10 bits per heavy atom. The molecule has 0 fully saturated rings. The summed E-state index contributed by atoms with van der Waals surface area (Å²) in [6.45, 7) is 1.78. The number of carbonyl (C=O) groups excluding carboxylic acids is 1. The van der Waals surface area contributed by atoms with Gasteiger partial charge < -0.3 is 10.1 Å². The highest BCUT2D eigenvalue weighted by Crippen LogP contribution is 2.24. The van der Waals surface area contributed by atoms with Crippen LogP contribution in [0.25, 0.3) is 0 Å². The average Bonchev–Trinajstić information content (AvgIpc) is 2.43. The molecule has 0 bridgehead atoms. The first-order chi connectivity index (χ1) is 9.99. The maximum absolute atomic E-state index is 13.5. The van der Waals surface area contributed by atoms with E-state index in [4.69, 9.17) is 4.74 Å². The molecule has 110 valence electrons. The summed E-state index contributed by atoms with van der Waals surface area (Å²) in [5, 5.41) is 2.98. The average molecular weight is 353 g/mol. The molecule has 0 saturated heterocycles. The van der Waals surface area contributed by atoms with Crippen LogP contribution in [0.1, 0.15) is 17.2 Å². The Morgan fingerprint density at radius 3 is 2.71 bits per heavy atom. The van der Waals surface area contributed by atoms with Gasteiger partial charge in [0.15, 0.2) is 6.04 Å². The summed E-state index contributed by atoms with van der Waals surface area (Å²) in [7, 11) is 1.30. The molecule has 6 heteroatoms. The van der Waals surface area contributed by atoms with Crippen molar-refractivity contribution in [3.05, 3.63) is 58.1 Å². The minimum atomic E-state index is -0.763. The Morgan fingerprint density at radius 1 is 1.33 bits per heavy atom. The van der Waals surface area contributed by atoms with Gasteiger partial charge in [-0.1, -0.05) is 0 Å². The normalized spacial score (nSPS) is 11.8. The van der Waals surface area contributed by atoms with E-state index in [9.17, 15) is 9.18 Å². The number of halogens is 2. The van der Waals surface area contributed by atoms with Crippen LogP contribution in [0, 0.1) is 12.7 Å². The van der Waals surface area contributed by atoms with Crippen molar-refractivity contribution in [1.29, 1.82) is 0 Å². The third kappa shape index (κ3) is 4.01. The predicted molar refractivity (Wildman–Crippen MR) is 81.5 cm³/mol. The number of hydrogen-bond donors (Lipinski definition) is 1. The second-order valence-electron chi connectivity index (χ2n) is 4.55. The molecular weight excluding hydrogens is 339 g/mol. The number of aryl methyl sites for hydroxylation is 1. The molecule has 2 aromatic rings. The molecule has 0 amide bonds. The summed E-state index contributed by atoms with van der Waals surface area (Å²) in [6, 6.07) is 5.49. The minimum Gasteiger partial charge on any atom is -0.467 e. The van der Waals surface area contributed by atoms with Gasteiger partial charge in [-0.05, 0) is 52.7 Å². The summed E-state index contributed by atoms with van der Waals surface area (Å²) in [5.41, 5.74) is 1.88. The number of benzene rings is 1. The lowest BCUT2D eigenvalue weighted by Crippen LogP contribution is -2.22. The van der Waals surface area contributed by atoms with Crippen molar-refractivity contribution >= 4 is 27.6 Å². The van der Waals surface area contributed by atoms with Gasteiger partial charge in [-0.3, -0.25) is 4.98 Å². The van der Waals surface area contributed by atoms with E-state index < -0.39 is 12.0 Å². The zero-order chi connectivity index (χ0) is 15.4. The van der Waals surface area contributed by atoms with Crippen molar-refractivity contribution in [2.45, 2.75) is 13.0 Å². The maximum Gasteiger partial charge on any atom is 0.333 e. The van der Waals surface area contributed by atoms with Crippen molar-refractivity contribution in [3.63, 3.8) is 0 Å². The Labute approximate surface area is 130 Å². The largest absolute Gasteiger partial charge is 0.467 e. The van der Waals surface area contributed by atoms with E-state index in [0.29, 0.717) is 11.3 Å². The van der Waals surface area contributed by atoms with Gasteiger partial charge in [0.2, 0.25) is 0 Å². The topological polar surface area (TPSA) is 51.2 Å². The number of esters is 1. The van der Waals surface area contributed by atoms with Gasteiger partial charge in [0.05, 0.1) is 7.11 Å². The molecular formula is C15H14BrFN2O2. The molecule has 0 radical (unpaired) electrons. The number of hydrogen-bond acceptors (Lipinski definition) is 4. The smallest absolute Gasteiger partial charge is 0.333 e. The lowest BCUT2D eigenvalue weighted by Gasteiger charge is -2.18. The number of rotatable bonds is 4. The molecule has 0 aliphatic rings. The predicted octanol–water partition coefficient (Wildman–Crippen LogP) is 3.62. The van der Waals surface area contributed by atoms with E-state index >= 15 is 0 Å². The zero-order valence-electron chi connectivity index (χ0n) is 11.6. The first kappa shape index (κ1) is 15.4. The van der Waals surface area contributed by atoms with Crippen molar-refractivity contribution in [2.75, 3.05) is 12.4 Å². The summed E-state index contributed by atoms with van der Waals surface area (Å²) in [5.74, 6) is -0.842. The second kappa shape index (κ2) is 6.67. The number of pyridine rings is 1. The van der Waals surface area contributed by atoms with Crippen LogP contribution in [0.2, 0.25) is 0 Å². The molecule has 1 aromatic heterocycles. The standard InChI is InChI=1S/C15H14BrFN2O2/c1-9-3-12(17)6-13(4-9)19-14(15(20)21-2)10-5-11(16)8-18-7-10/h3-8,14,19H,1-2H3. The Bertz CT molecular complexity index is 644. The number of nitrogens with one attached hydrogen (secondary N) is 1. The highest BCUT2D eigenvalue weighted by atomic mass is 79.9. The first-order valence-corrected chi connectivity index (χ1v) is 7.01. The second-order valence-corrected chi connectivity index (χ2v) is 5.47. The molecule has 1 atom stereocenters. The Kier molecular flexibility index (Phi) is 4.90. The fraction of sp³-hybridized carbons (Fsp3) is 0.200. The highest BCUT2D eigenvalue weighted by molar-refractivity contribution is 9.10. The molecule has 1 N–H and O–H groups in total. The zero-order valence-corrected chi connectivity index (χ0v) is 13.1. The van der Waals surface area contributed by atoms with E-state index in [0.717, 1.165) is 10.0 Å². The number of carbonyl (C=O) groups is 1. The van der Waals surface area contributed by atoms with Crippen LogP contribution in [0.5, 0.6) is 0 Å². The molecule has 0 aliphatic carbocycles. The SMILES string of the molecule is COC(=O)C(Nc1cc(C)cc(F)c1)c1cncc(Br)c1. The van der Waals surface area contributed by atoms with Gasteiger partial charge in [-0.2, -0.15) is 0 Å². The molecule has 0 spiro atoms. The monoisotopic (exact) mass is 352 g/mol. The highest BCUT2D eigenvalue weighted by Gasteiger charge is 2.22. The third-order valence-corrected chi connectivity index (χ3v) is 3.28. The van der Waals surface area contributed by atoms with Crippen molar-refractivity contribution in [1.82, 2.24) is 4.98 Å². The number of anilines is 1. The van der Waals surface area contributed by atoms with Crippen molar-refractivity contribution < 1.29 is 13.9 Å². The number of nitrogens with zero attached hydrogens (tertiary/aromatic N) is 1. The van der Waals surface area contributed by atoms with Crippen LogP contribution in [-0.4, -0.2) is 18.1 Å². The summed E-state index contributed by atoms with van der Waals surface area (Å²) >= 11 is 3.31. The van der Waals surface area contributed by atoms with Crippen LogP contribution in [-0.2, 0) is 9.53 Å². The van der Waals surface area contributed by atoms with Gasteiger partial charge in [-0.15, -0.1) is 0 Å². The number of methoxy groups -OCH3 is 1. The lowest BCUT2D eigenvalue weighted by molar-refractivity contribution is -0.141. The molecule has 1 aromatic carbocycles. The molecule has 21 heavy (non-hydrogen) atoms. The maximum atomic E-state index is 13.5. The third-order valence-electron chi connectivity index (χ3n) is 2.85. The summed E-state index contributed by atoms with van der Waals surface area (Å²) < 4.78 is 19.0. The van der Waals surface area contributed by atoms with Gasteiger partial charge in [0.25, 0.3) is 0 Å². The minimum absolute atomic E-state index is 0.367. The number of ether oxygens (including phenoxy) is 1. The first-order valence-electron chi connectivity index (χ1n) is 6.21. The molecule has 0 saturated carbocycles. The van der Waals surface area contributed by atoms with Crippen LogP contribution in [0.3, 0.4) is 0 Å². The van der Waals surface area contributed by atoms with Crippen LogP contribution in [0.15, 0.2) is 41.1 Å². The van der Waals surface area contributed by atoms with Crippen molar-refractivity contribution in [3.8, 4) is 0 Å². The fourth-order valence-corrected chi connectivity index (χ4v) is 2.35. The van der Waals surface area contributed by atoms with E-state index in [1.54, 1.807) is 31.5 Å². The number of aromatic nitrogens is 1. The van der Waals surface area contributed by atoms with E-state index in [1.807, 2.05) is 0 Å². The molecule has 1 heterocycles. The van der Waals surface area contributed by atoms with Crippen LogP contribution >= 0.6 is 15.9 Å². The Balaban J connectivity index is 2.35. The van der Waals surface area contributed by atoms with Gasteiger partial charge in [-0.25, -0.2) is 9.18 Å². The van der Waals surface area contributed by atoms with E-state index in [-0.39, 0.29) is 5.82 Å². The summed E-state index contributed by atoms with van der Waals surface area (Å²) in [6.07, 6.45) is 3.18. The van der Waals surface area contributed by atoms with Gasteiger partial charge >= 0.3 is 5.97 Å². The van der Waals surface area contributed by atoms with Crippen LogP contribution in [0.4, 0.5) is 10.1 Å². The van der Waals surface area contributed by atoms with E-state index in [2.05, 4.69) is 26.2 Å².